The number of hydrogen-bond donors (Lipinski definition) is 1. The molecule has 30 heavy (non-hydrogen) atoms. The standard InChI is InChI=1S/C24H23N3O3/c1-17-20(29-13-5-11-26-16-18-6-4-10-25-15-18)9-12-27-23(17)24(28)22-14-19-7-2-3-8-21(19)30-22/h2-4,6-10,12,14-15,26H,5,11,13,16H2,1H3. The average Bonchev–Trinajstić information content (AvgIpc) is 3.22. The molecule has 1 N–H and O–H groups in total. The van der Waals surface area contributed by atoms with Crippen LogP contribution >= 0.6 is 0 Å². The van der Waals surface area contributed by atoms with Gasteiger partial charge in [-0.25, -0.2) is 0 Å². The number of aromatic nitrogens is 2. The molecule has 0 atom stereocenters. The van der Waals surface area contributed by atoms with Crippen LogP contribution in [0.2, 0.25) is 0 Å². The third kappa shape index (κ3) is 4.55. The molecule has 3 heterocycles. The summed E-state index contributed by atoms with van der Waals surface area (Å²) < 4.78 is 11.6. The molecule has 0 radical (unpaired) electrons. The number of nitrogens with one attached hydrogen (secondary N) is 1. The third-order valence-corrected chi connectivity index (χ3v) is 4.83. The Morgan fingerprint density at radius 1 is 1.13 bits per heavy atom. The van der Waals surface area contributed by atoms with Crippen molar-refractivity contribution in [3.8, 4) is 5.75 Å². The van der Waals surface area contributed by atoms with Crippen molar-refractivity contribution < 1.29 is 13.9 Å². The van der Waals surface area contributed by atoms with Gasteiger partial charge in [-0.2, -0.15) is 0 Å². The van der Waals surface area contributed by atoms with Gasteiger partial charge >= 0.3 is 0 Å². The maximum atomic E-state index is 12.9. The van der Waals surface area contributed by atoms with E-state index in [1.165, 1.54) is 0 Å². The lowest BCUT2D eigenvalue weighted by molar-refractivity contribution is 0.100. The van der Waals surface area contributed by atoms with E-state index in [0.717, 1.165) is 30.5 Å². The lowest BCUT2D eigenvalue weighted by atomic mass is 10.1. The molecule has 3 aromatic heterocycles. The largest absolute Gasteiger partial charge is 0.493 e. The summed E-state index contributed by atoms with van der Waals surface area (Å²) in [6.45, 7) is 3.99. The number of rotatable bonds is 9. The predicted octanol–water partition coefficient (Wildman–Crippen LogP) is 4.32. The summed E-state index contributed by atoms with van der Waals surface area (Å²) in [6, 6.07) is 15.0. The van der Waals surface area contributed by atoms with Gasteiger partial charge < -0.3 is 14.5 Å². The number of nitrogens with zero attached hydrogens (tertiary/aromatic N) is 2. The second-order valence-corrected chi connectivity index (χ2v) is 7.00. The van der Waals surface area contributed by atoms with Crippen LogP contribution in [0.1, 0.15) is 33.8 Å². The number of ether oxygens (including phenoxy) is 1. The van der Waals surface area contributed by atoms with E-state index >= 15 is 0 Å². The Labute approximate surface area is 174 Å². The molecule has 4 aromatic rings. The van der Waals surface area contributed by atoms with Crippen LogP contribution in [-0.2, 0) is 6.54 Å². The first-order valence-electron chi connectivity index (χ1n) is 9.93. The Morgan fingerprint density at radius 2 is 2.03 bits per heavy atom. The molecule has 0 spiro atoms. The van der Waals surface area contributed by atoms with Gasteiger partial charge in [-0.15, -0.1) is 0 Å². The minimum Gasteiger partial charge on any atom is -0.493 e. The molecule has 0 fully saturated rings. The number of furan rings is 1. The van der Waals surface area contributed by atoms with E-state index in [1.54, 1.807) is 24.5 Å². The van der Waals surface area contributed by atoms with Crippen LogP contribution in [0.25, 0.3) is 11.0 Å². The maximum absolute atomic E-state index is 12.9. The molecule has 1 aromatic carbocycles. The van der Waals surface area contributed by atoms with Crippen molar-refractivity contribution >= 4 is 16.8 Å². The predicted molar refractivity (Wildman–Crippen MR) is 115 cm³/mol. The van der Waals surface area contributed by atoms with Gasteiger partial charge in [0.25, 0.3) is 0 Å². The van der Waals surface area contributed by atoms with Crippen molar-refractivity contribution in [2.45, 2.75) is 19.9 Å². The molecule has 0 unspecified atom stereocenters. The first-order valence-corrected chi connectivity index (χ1v) is 9.93. The van der Waals surface area contributed by atoms with Gasteiger partial charge in [-0.05, 0) is 49.7 Å². The Kier molecular flexibility index (Phi) is 6.15. The van der Waals surface area contributed by atoms with Crippen LogP contribution < -0.4 is 10.1 Å². The number of benzene rings is 1. The van der Waals surface area contributed by atoms with Crippen molar-refractivity contribution in [1.82, 2.24) is 15.3 Å². The van der Waals surface area contributed by atoms with E-state index in [-0.39, 0.29) is 11.5 Å². The zero-order valence-electron chi connectivity index (χ0n) is 16.8. The normalized spacial score (nSPS) is 11.0. The Morgan fingerprint density at radius 3 is 2.87 bits per heavy atom. The van der Waals surface area contributed by atoms with Gasteiger partial charge in [0.05, 0.1) is 6.61 Å². The van der Waals surface area contributed by atoms with E-state index in [1.807, 2.05) is 49.5 Å². The van der Waals surface area contributed by atoms with Crippen molar-refractivity contribution in [2.24, 2.45) is 0 Å². The van der Waals surface area contributed by atoms with Crippen molar-refractivity contribution in [1.29, 1.82) is 0 Å². The third-order valence-electron chi connectivity index (χ3n) is 4.83. The molecule has 0 aliphatic carbocycles. The van der Waals surface area contributed by atoms with Crippen molar-refractivity contribution in [2.75, 3.05) is 13.2 Å². The second-order valence-electron chi connectivity index (χ2n) is 7.00. The minimum atomic E-state index is -0.243. The summed E-state index contributed by atoms with van der Waals surface area (Å²) >= 11 is 0. The van der Waals surface area contributed by atoms with E-state index in [9.17, 15) is 4.79 Å². The first kappa shape index (κ1) is 19.8. The summed E-state index contributed by atoms with van der Waals surface area (Å²) in [5, 5.41) is 4.26. The summed E-state index contributed by atoms with van der Waals surface area (Å²) in [4.78, 5) is 21.3. The summed E-state index contributed by atoms with van der Waals surface area (Å²) in [5.74, 6) is 0.701. The van der Waals surface area contributed by atoms with Crippen LogP contribution in [0.3, 0.4) is 0 Å². The Hall–Kier alpha value is -3.51. The molecule has 0 bridgehead atoms. The van der Waals surface area contributed by atoms with Crippen LogP contribution in [0.15, 0.2) is 71.5 Å². The number of fused-ring (bicyclic) bond motifs is 1. The van der Waals surface area contributed by atoms with Crippen LogP contribution in [0, 0.1) is 6.92 Å². The molecule has 4 rings (SSSR count). The zero-order valence-corrected chi connectivity index (χ0v) is 16.8. The lowest BCUT2D eigenvalue weighted by Gasteiger charge is -2.11. The van der Waals surface area contributed by atoms with Crippen LogP contribution in [0.4, 0.5) is 0 Å². The molecule has 6 heteroatoms. The van der Waals surface area contributed by atoms with Crippen molar-refractivity contribution in [3.05, 3.63) is 89.7 Å². The van der Waals surface area contributed by atoms with Gasteiger partial charge in [0.2, 0.25) is 5.78 Å². The number of ketones is 1. The Balaban J connectivity index is 1.34. The summed E-state index contributed by atoms with van der Waals surface area (Å²) in [7, 11) is 0. The monoisotopic (exact) mass is 401 g/mol. The number of pyridine rings is 2. The fraction of sp³-hybridized carbons (Fsp3) is 0.208. The SMILES string of the molecule is Cc1c(OCCCNCc2cccnc2)ccnc1C(=O)c1cc2ccccc2o1. The highest BCUT2D eigenvalue weighted by atomic mass is 16.5. The fourth-order valence-electron chi connectivity index (χ4n) is 3.23. The topological polar surface area (TPSA) is 77.2 Å². The fourth-order valence-corrected chi connectivity index (χ4v) is 3.23. The number of para-hydroxylation sites is 1. The Bertz CT molecular complexity index is 1110. The van der Waals surface area contributed by atoms with Gasteiger partial charge in [-0.1, -0.05) is 24.3 Å². The van der Waals surface area contributed by atoms with Gasteiger partial charge in [0.1, 0.15) is 17.0 Å². The van der Waals surface area contributed by atoms with E-state index < -0.39 is 0 Å². The van der Waals surface area contributed by atoms with E-state index in [4.69, 9.17) is 9.15 Å². The van der Waals surface area contributed by atoms with E-state index in [2.05, 4.69) is 15.3 Å². The highest BCUT2D eigenvalue weighted by Gasteiger charge is 2.20. The molecule has 0 saturated heterocycles. The molecular formula is C24H23N3O3. The summed E-state index contributed by atoms with van der Waals surface area (Å²) in [5.41, 5.74) is 2.90. The molecule has 0 aliphatic heterocycles. The number of hydrogen-bond acceptors (Lipinski definition) is 6. The maximum Gasteiger partial charge on any atom is 0.246 e. The first-order chi connectivity index (χ1) is 14.7. The highest BCUT2D eigenvalue weighted by Crippen LogP contribution is 2.25. The number of carbonyl (C=O) groups excluding carboxylic acids is 1. The zero-order chi connectivity index (χ0) is 20.8. The van der Waals surface area contributed by atoms with Gasteiger partial charge in [0, 0.05) is 36.1 Å². The molecule has 0 amide bonds. The lowest BCUT2D eigenvalue weighted by Crippen LogP contribution is -2.17. The highest BCUT2D eigenvalue weighted by molar-refractivity contribution is 6.08. The van der Waals surface area contributed by atoms with Gasteiger partial charge in [0.15, 0.2) is 5.76 Å². The van der Waals surface area contributed by atoms with Crippen LogP contribution in [0.5, 0.6) is 5.75 Å². The second kappa shape index (κ2) is 9.33. The molecule has 152 valence electrons. The quantitative estimate of drug-likeness (QED) is 0.332. The van der Waals surface area contributed by atoms with Crippen LogP contribution in [-0.4, -0.2) is 28.9 Å². The van der Waals surface area contributed by atoms with E-state index in [0.29, 0.717) is 29.2 Å². The minimum absolute atomic E-state index is 0.243. The molecule has 6 nitrogen and oxygen atoms in total. The molecule has 0 aliphatic rings. The summed E-state index contributed by atoms with van der Waals surface area (Å²) in [6.07, 6.45) is 6.06. The van der Waals surface area contributed by atoms with Gasteiger partial charge in [-0.3, -0.25) is 14.8 Å². The molecule has 0 saturated carbocycles. The number of carbonyl (C=O) groups is 1. The van der Waals surface area contributed by atoms with Crippen molar-refractivity contribution in [3.63, 3.8) is 0 Å². The molecular weight excluding hydrogens is 378 g/mol. The smallest absolute Gasteiger partial charge is 0.246 e. The average molecular weight is 401 g/mol.